The number of ether oxygens (including phenoxy) is 1. The lowest BCUT2D eigenvalue weighted by Crippen LogP contribution is -2.51. The molecule has 0 atom stereocenters. The maximum absolute atomic E-state index is 12.4. The second-order valence-electron chi connectivity index (χ2n) is 6.38. The van der Waals surface area contributed by atoms with E-state index in [1.165, 1.54) is 4.90 Å². The van der Waals surface area contributed by atoms with Crippen molar-refractivity contribution in [3.05, 3.63) is 36.1 Å². The number of hydrogen-bond donors (Lipinski definition) is 0. The second kappa shape index (κ2) is 6.98. The molecule has 1 aromatic heterocycles. The fourth-order valence-corrected chi connectivity index (χ4v) is 3.28. The highest BCUT2D eigenvalue weighted by Gasteiger charge is 2.39. The molecule has 1 aliphatic rings. The van der Waals surface area contributed by atoms with Gasteiger partial charge in [0, 0.05) is 12.4 Å². The number of para-hydroxylation sites is 1. The SMILES string of the molecule is CN(C(=O)COC(=O)c1cc2ccccc2o1)C1(C#N)CCCCC1. The van der Waals surface area contributed by atoms with Crippen LogP contribution in [0.15, 0.2) is 34.7 Å². The first-order chi connectivity index (χ1) is 12.1. The van der Waals surface area contributed by atoms with Gasteiger partial charge in [0.25, 0.3) is 5.91 Å². The summed E-state index contributed by atoms with van der Waals surface area (Å²) in [5, 5.41) is 10.3. The lowest BCUT2D eigenvalue weighted by molar-refractivity contribution is -0.138. The molecule has 2 aromatic rings. The maximum atomic E-state index is 12.4. The summed E-state index contributed by atoms with van der Waals surface area (Å²) in [6.45, 7) is -0.407. The third kappa shape index (κ3) is 3.36. The number of hydrogen-bond acceptors (Lipinski definition) is 5. The molecule has 0 unspecified atom stereocenters. The quantitative estimate of drug-likeness (QED) is 0.798. The van der Waals surface area contributed by atoms with Crippen molar-refractivity contribution in [2.45, 2.75) is 37.6 Å². The minimum Gasteiger partial charge on any atom is -0.450 e. The van der Waals surface area contributed by atoms with Gasteiger partial charge in [-0.25, -0.2) is 4.79 Å². The lowest BCUT2D eigenvalue weighted by atomic mass is 9.81. The van der Waals surface area contributed by atoms with E-state index < -0.39 is 18.1 Å². The Balaban J connectivity index is 1.63. The van der Waals surface area contributed by atoms with E-state index in [0.29, 0.717) is 18.4 Å². The Kier molecular flexibility index (Phi) is 4.75. The normalized spacial score (nSPS) is 16.2. The van der Waals surface area contributed by atoms with Crippen molar-refractivity contribution in [2.75, 3.05) is 13.7 Å². The number of likely N-dealkylation sites (N-methyl/N-ethyl adjacent to an activating group) is 1. The third-order valence-corrected chi connectivity index (χ3v) is 4.86. The van der Waals surface area contributed by atoms with Gasteiger partial charge in [0.2, 0.25) is 5.76 Å². The van der Waals surface area contributed by atoms with E-state index in [2.05, 4.69) is 6.07 Å². The first kappa shape index (κ1) is 17.0. The van der Waals surface area contributed by atoms with Gasteiger partial charge in [-0.05, 0) is 25.0 Å². The highest BCUT2D eigenvalue weighted by molar-refractivity contribution is 5.93. The molecule has 0 aliphatic heterocycles. The molecule has 0 saturated heterocycles. The molecule has 1 saturated carbocycles. The molecule has 1 amide bonds. The molecule has 1 aliphatic carbocycles. The second-order valence-corrected chi connectivity index (χ2v) is 6.38. The summed E-state index contributed by atoms with van der Waals surface area (Å²) in [5.41, 5.74) is -0.204. The van der Waals surface area contributed by atoms with Gasteiger partial charge in [0.15, 0.2) is 6.61 Å². The molecule has 6 heteroatoms. The van der Waals surface area contributed by atoms with Gasteiger partial charge in [-0.1, -0.05) is 37.5 Å². The van der Waals surface area contributed by atoms with Gasteiger partial charge in [-0.15, -0.1) is 0 Å². The van der Waals surface area contributed by atoms with Crippen LogP contribution in [0.4, 0.5) is 0 Å². The van der Waals surface area contributed by atoms with Gasteiger partial charge in [0.1, 0.15) is 11.1 Å². The number of furan rings is 1. The summed E-state index contributed by atoms with van der Waals surface area (Å²) in [4.78, 5) is 25.9. The number of carbonyl (C=O) groups excluding carboxylic acids is 2. The third-order valence-electron chi connectivity index (χ3n) is 4.86. The Labute approximate surface area is 146 Å². The molecular formula is C19H20N2O4. The van der Waals surface area contributed by atoms with Gasteiger partial charge in [-0.3, -0.25) is 4.79 Å². The number of nitrogens with zero attached hydrogens (tertiary/aromatic N) is 2. The Bertz CT molecular complexity index is 794. The number of nitriles is 1. The van der Waals surface area contributed by atoms with Gasteiger partial charge in [0.05, 0.1) is 6.07 Å². The van der Waals surface area contributed by atoms with Gasteiger partial charge >= 0.3 is 5.97 Å². The number of benzene rings is 1. The van der Waals surface area contributed by atoms with Gasteiger partial charge < -0.3 is 14.1 Å². The average Bonchev–Trinajstić information content (AvgIpc) is 3.10. The van der Waals surface area contributed by atoms with E-state index in [-0.39, 0.29) is 11.7 Å². The smallest absolute Gasteiger partial charge is 0.374 e. The molecule has 130 valence electrons. The van der Waals surface area contributed by atoms with E-state index in [1.54, 1.807) is 19.2 Å². The number of carbonyl (C=O) groups is 2. The van der Waals surface area contributed by atoms with Crippen molar-refractivity contribution < 1.29 is 18.7 Å². The van der Waals surface area contributed by atoms with E-state index in [1.807, 2.05) is 18.2 Å². The lowest BCUT2D eigenvalue weighted by Gasteiger charge is -2.38. The van der Waals surface area contributed by atoms with Gasteiger partial charge in [-0.2, -0.15) is 5.26 Å². The summed E-state index contributed by atoms with van der Waals surface area (Å²) in [6.07, 6.45) is 4.23. The van der Waals surface area contributed by atoms with Crippen LogP contribution in [0.25, 0.3) is 11.0 Å². The van der Waals surface area contributed by atoms with Crippen LogP contribution < -0.4 is 0 Å². The molecule has 1 fully saturated rings. The highest BCUT2D eigenvalue weighted by atomic mass is 16.5. The zero-order chi connectivity index (χ0) is 17.9. The summed E-state index contributed by atoms with van der Waals surface area (Å²) >= 11 is 0. The van der Waals surface area contributed by atoms with Crippen molar-refractivity contribution in [1.82, 2.24) is 4.90 Å². The number of rotatable bonds is 4. The minimum atomic E-state index is -0.791. The maximum Gasteiger partial charge on any atom is 0.374 e. The standard InChI is InChI=1S/C19H20N2O4/c1-21(19(13-20)9-5-2-6-10-19)17(22)12-24-18(23)16-11-14-7-3-4-8-15(14)25-16/h3-4,7-8,11H,2,5-6,9-10,12H2,1H3. The van der Waals surface area contributed by atoms with Crippen molar-refractivity contribution in [3.63, 3.8) is 0 Å². The van der Waals surface area contributed by atoms with Crippen LogP contribution in [0.3, 0.4) is 0 Å². The molecule has 1 aromatic carbocycles. The fraction of sp³-hybridized carbons (Fsp3) is 0.421. The Morgan fingerprint density at radius 1 is 1.28 bits per heavy atom. The first-order valence-electron chi connectivity index (χ1n) is 8.39. The molecule has 0 bridgehead atoms. The molecular weight excluding hydrogens is 320 g/mol. The van der Waals surface area contributed by atoms with E-state index in [9.17, 15) is 14.9 Å². The Hall–Kier alpha value is -2.81. The molecule has 0 spiro atoms. The van der Waals surface area contributed by atoms with Crippen LogP contribution in [0.5, 0.6) is 0 Å². The zero-order valence-corrected chi connectivity index (χ0v) is 14.2. The highest BCUT2D eigenvalue weighted by Crippen LogP contribution is 2.32. The summed E-state index contributed by atoms with van der Waals surface area (Å²) in [5.74, 6) is -1.01. The van der Waals surface area contributed by atoms with Crippen LogP contribution in [0.2, 0.25) is 0 Å². The predicted molar refractivity (Wildman–Crippen MR) is 90.7 cm³/mol. The molecule has 25 heavy (non-hydrogen) atoms. The van der Waals surface area contributed by atoms with Crippen LogP contribution >= 0.6 is 0 Å². The zero-order valence-electron chi connectivity index (χ0n) is 14.2. The van der Waals surface area contributed by atoms with Crippen LogP contribution in [0, 0.1) is 11.3 Å². The van der Waals surface area contributed by atoms with Crippen molar-refractivity contribution >= 4 is 22.8 Å². The summed E-state index contributed by atoms with van der Waals surface area (Å²) in [6, 6.07) is 11.1. The molecule has 3 rings (SSSR count). The molecule has 0 N–H and O–H groups in total. The van der Waals surface area contributed by atoms with E-state index >= 15 is 0 Å². The summed E-state index contributed by atoms with van der Waals surface area (Å²) in [7, 11) is 1.60. The topological polar surface area (TPSA) is 83.5 Å². The van der Waals surface area contributed by atoms with E-state index in [0.717, 1.165) is 24.6 Å². The fourth-order valence-electron chi connectivity index (χ4n) is 3.28. The van der Waals surface area contributed by atoms with Crippen LogP contribution in [-0.2, 0) is 9.53 Å². The Morgan fingerprint density at radius 3 is 2.68 bits per heavy atom. The summed E-state index contributed by atoms with van der Waals surface area (Å²) < 4.78 is 10.5. The Morgan fingerprint density at radius 2 is 2.00 bits per heavy atom. The van der Waals surface area contributed by atoms with Crippen molar-refractivity contribution in [3.8, 4) is 6.07 Å². The molecule has 6 nitrogen and oxygen atoms in total. The minimum absolute atomic E-state index is 0.0596. The van der Waals surface area contributed by atoms with Crippen molar-refractivity contribution in [2.24, 2.45) is 0 Å². The number of fused-ring (bicyclic) bond motifs is 1. The van der Waals surface area contributed by atoms with Crippen molar-refractivity contribution in [1.29, 1.82) is 5.26 Å². The van der Waals surface area contributed by atoms with Crippen LogP contribution in [-0.4, -0.2) is 36.0 Å². The van der Waals surface area contributed by atoms with E-state index in [4.69, 9.17) is 9.15 Å². The predicted octanol–water partition coefficient (Wildman–Crippen LogP) is 3.27. The monoisotopic (exact) mass is 340 g/mol. The molecule has 1 heterocycles. The average molecular weight is 340 g/mol. The number of amides is 1. The molecule has 0 radical (unpaired) electrons. The van der Waals surface area contributed by atoms with Crippen LogP contribution in [0.1, 0.15) is 42.7 Å². The first-order valence-corrected chi connectivity index (χ1v) is 8.39. The largest absolute Gasteiger partial charge is 0.450 e. The number of esters is 1.